The van der Waals surface area contributed by atoms with Gasteiger partial charge in [0.1, 0.15) is 17.3 Å². The lowest BCUT2D eigenvalue weighted by molar-refractivity contribution is -0.130. The molecule has 9 heteroatoms. The third-order valence-corrected chi connectivity index (χ3v) is 6.85. The van der Waals surface area contributed by atoms with E-state index in [4.69, 9.17) is 26.1 Å². The summed E-state index contributed by atoms with van der Waals surface area (Å²) < 4.78 is 11.3. The number of amides is 2. The second kappa shape index (κ2) is 14.0. The van der Waals surface area contributed by atoms with Crippen molar-refractivity contribution in [3.05, 3.63) is 58.6 Å². The summed E-state index contributed by atoms with van der Waals surface area (Å²) in [7, 11) is 3.79. The number of hydrogen-bond acceptors (Lipinski definition) is 6. The maximum Gasteiger partial charge on any atom is 0.239 e. The maximum atomic E-state index is 10.5. The first kappa shape index (κ1) is 29.3. The van der Waals surface area contributed by atoms with Crippen LogP contribution in [-0.2, 0) is 9.59 Å². The fourth-order valence-corrected chi connectivity index (χ4v) is 4.76. The van der Waals surface area contributed by atoms with Gasteiger partial charge in [-0.2, -0.15) is 0 Å². The predicted octanol–water partition coefficient (Wildman–Crippen LogP) is 4.56. The van der Waals surface area contributed by atoms with Crippen LogP contribution in [-0.4, -0.2) is 74.4 Å². The van der Waals surface area contributed by atoms with Crippen LogP contribution in [0.3, 0.4) is 0 Å². The Kier molecular flexibility index (Phi) is 10.8. The molecule has 2 aliphatic rings. The molecule has 2 aromatic rings. The van der Waals surface area contributed by atoms with E-state index in [0.717, 1.165) is 40.8 Å². The molecule has 2 unspecified atom stereocenters. The Morgan fingerprint density at radius 2 is 1.95 bits per heavy atom. The first-order valence-electron chi connectivity index (χ1n) is 13.1. The number of piperazine rings is 1. The number of ether oxygens (including phenoxy) is 2. The molecule has 0 saturated carbocycles. The van der Waals surface area contributed by atoms with Crippen LogP contribution in [0.4, 0.5) is 0 Å². The van der Waals surface area contributed by atoms with Crippen molar-refractivity contribution in [1.82, 2.24) is 15.1 Å². The molecule has 2 heterocycles. The second-order valence-electron chi connectivity index (χ2n) is 9.82. The maximum absolute atomic E-state index is 10.5. The van der Waals surface area contributed by atoms with Crippen molar-refractivity contribution in [2.45, 2.75) is 45.7 Å². The molecule has 1 fully saturated rings. The molecule has 38 heavy (non-hydrogen) atoms. The van der Waals surface area contributed by atoms with E-state index in [1.807, 2.05) is 37.3 Å². The Labute approximate surface area is 231 Å². The van der Waals surface area contributed by atoms with Crippen LogP contribution in [0, 0.1) is 5.92 Å². The third-order valence-electron chi connectivity index (χ3n) is 6.60. The molecule has 2 atom stereocenters. The number of benzene rings is 2. The van der Waals surface area contributed by atoms with Crippen LogP contribution in [0.5, 0.6) is 11.5 Å². The van der Waals surface area contributed by atoms with Gasteiger partial charge in [-0.25, -0.2) is 0 Å². The molecule has 0 bridgehead atoms. The molecule has 1 N–H and O–H groups in total. The molecule has 206 valence electrons. The first-order valence-corrected chi connectivity index (χ1v) is 13.5. The zero-order chi connectivity index (χ0) is 27.7. The van der Waals surface area contributed by atoms with Gasteiger partial charge < -0.3 is 24.6 Å². The van der Waals surface area contributed by atoms with E-state index in [-0.39, 0.29) is 24.5 Å². The summed E-state index contributed by atoms with van der Waals surface area (Å²) in [6.45, 7) is 8.53. The standard InChI is InChI=1S/C24H31ClN2O2.C5H8N2O2/c1-6-29-22-15-19(28-5)12-13-20(22)24-26-21(14-7-16(2)3)23(27(24)4)17-8-10-18(25)11-9-17;8-4-7-2-1-6-5(9)3-7/h8-13,15-16,21,23H,6-7,14H2,1-5H3;4H,1-3H2,(H,6,9). The predicted molar refractivity (Wildman–Crippen MR) is 151 cm³/mol. The highest BCUT2D eigenvalue weighted by Gasteiger charge is 2.36. The van der Waals surface area contributed by atoms with Crippen LogP contribution in [0.2, 0.25) is 5.02 Å². The Bertz CT molecular complexity index is 1110. The van der Waals surface area contributed by atoms with Crippen molar-refractivity contribution in [2.24, 2.45) is 10.9 Å². The number of likely N-dealkylation sites (N-methyl/N-ethyl adjacent to an activating group) is 1. The summed E-state index contributed by atoms with van der Waals surface area (Å²) >= 11 is 6.13. The minimum absolute atomic E-state index is 0.0756. The minimum Gasteiger partial charge on any atom is -0.497 e. The number of hydrogen-bond donors (Lipinski definition) is 1. The number of amidine groups is 1. The normalized spacial score (nSPS) is 18.9. The minimum atomic E-state index is -0.0756. The van der Waals surface area contributed by atoms with Gasteiger partial charge in [-0.3, -0.25) is 14.6 Å². The Balaban J connectivity index is 0.000000375. The molecule has 8 nitrogen and oxygen atoms in total. The Morgan fingerprint density at radius 3 is 2.53 bits per heavy atom. The fourth-order valence-electron chi connectivity index (χ4n) is 4.64. The first-order chi connectivity index (χ1) is 18.3. The highest BCUT2D eigenvalue weighted by Crippen LogP contribution is 2.38. The second-order valence-corrected chi connectivity index (χ2v) is 10.3. The number of nitrogens with one attached hydrogen (secondary N) is 1. The van der Waals surface area contributed by atoms with Gasteiger partial charge in [0.2, 0.25) is 12.3 Å². The molecule has 2 aliphatic heterocycles. The van der Waals surface area contributed by atoms with E-state index >= 15 is 0 Å². The lowest BCUT2D eigenvalue weighted by Gasteiger charge is -2.28. The topological polar surface area (TPSA) is 83.5 Å². The number of nitrogens with zero attached hydrogens (tertiary/aromatic N) is 3. The highest BCUT2D eigenvalue weighted by molar-refractivity contribution is 6.30. The molecule has 0 aromatic heterocycles. The number of rotatable bonds is 9. The third kappa shape index (κ3) is 7.63. The molecule has 1 saturated heterocycles. The van der Waals surface area contributed by atoms with E-state index in [1.165, 1.54) is 10.5 Å². The smallest absolute Gasteiger partial charge is 0.239 e. The summed E-state index contributed by atoms with van der Waals surface area (Å²) in [4.78, 5) is 29.5. The van der Waals surface area contributed by atoms with Gasteiger partial charge in [0.15, 0.2) is 0 Å². The van der Waals surface area contributed by atoms with E-state index in [2.05, 4.69) is 43.2 Å². The van der Waals surface area contributed by atoms with Crippen molar-refractivity contribution < 1.29 is 19.1 Å². The summed E-state index contributed by atoms with van der Waals surface area (Å²) in [6.07, 6.45) is 2.87. The molecule has 0 spiro atoms. The SMILES string of the molecule is CCOc1cc(OC)ccc1C1=NC(CCC(C)C)C(c2ccc(Cl)cc2)N1C.O=CN1CCNC(=O)C1. The molecule has 4 rings (SSSR count). The van der Waals surface area contributed by atoms with Gasteiger partial charge >= 0.3 is 0 Å². The van der Waals surface area contributed by atoms with Gasteiger partial charge in [0, 0.05) is 31.2 Å². The average Bonchev–Trinajstić information content (AvgIpc) is 3.24. The monoisotopic (exact) mass is 542 g/mol. The number of carbonyl (C=O) groups excluding carboxylic acids is 2. The van der Waals surface area contributed by atoms with Crippen LogP contribution < -0.4 is 14.8 Å². The van der Waals surface area contributed by atoms with Gasteiger partial charge in [0.25, 0.3) is 0 Å². The summed E-state index contributed by atoms with van der Waals surface area (Å²) in [5.41, 5.74) is 2.23. The number of halogens is 1. The summed E-state index contributed by atoms with van der Waals surface area (Å²) in [5, 5.41) is 3.36. The number of methoxy groups -OCH3 is 1. The zero-order valence-electron chi connectivity index (χ0n) is 22.9. The van der Waals surface area contributed by atoms with Crippen molar-refractivity contribution in [3.8, 4) is 11.5 Å². The van der Waals surface area contributed by atoms with Crippen LogP contribution >= 0.6 is 11.6 Å². The van der Waals surface area contributed by atoms with E-state index < -0.39 is 0 Å². The molecule has 2 amide bonds. The molecular weight excluding hydrogens is 504 g/mol. The molecule has 2 aromatic carbocycles. The highest BCUT2D eigenvalue weighted by atomic mass is 35.5. The summed E-state index contributed by atoms with van der Waals surface area (Å²) in [5.74, 6) is 3.12. The lowest BCUT2D eigenvalue weighted by atomic mass is 9.94. The van der Waals surface area contributed by atoms with Crippen LogP contribution in [0.15, 0.2) is 47.5 Å². The largest absolute Gasteiger partial charge is 0.497 e. The lowest BCUT2D eigenvalue weighted by Crippen LogP contribution is -2.46. The van der Waals surface area contributed by atoms with Crippen molar-refractivity contribution >= 4 is 29.8 Å². The van der Waals surface area contributed by atoms with Crippen molar-refractivity contribution in [2.75, 3.05) is 40.4 Å². The average molecular weight is 543 g/mol. The van der Waals surface area contributed by atoms with E-state index in [9.17, 15) is 9.59 Å². The van der Waals surface area contributed by atoms with Gasteiger partial charge in [-0.1, -0.05) is 37.6 Å². The van der Waals surface area contributed by atoms with Crippen LogP contribution in [0.1, 0.15) is 50.8 Å². The quantitative estimate of drug-likeness (QED) is 0.470. The van der Waals surface area contributed by atoms with Gasteiger partial charge in [-0.05, 0) is 55.5 Å². The number of aliphatic imine (C=N–C) groups is 1. The van der Waals surface area contributed by atoms with E-state index in [0.29, 0.717) is 32.0 Å². The van der Waals surface area contributed by atoms with Crippen LogP contribution in [0.25, 0.3) is 0 Å². The molecule has 0 radical (unpaired) electrons. The fraction of sp³-hybridized carbons (Fsp3) is 0.483. The van der Waals surface area contributed by atoms with Crippen molar-refractivity contribution in [1.29, 1.82) is 0 Å². The van der Waals surface area contributed by atoms with Gasteiger partial charge in [0.05, 0.1) is 37.9 Å². The summed E-state index contributed by atoms with van der Waals surface area (Å²) in [6, 6.07) is 14.5. The Hall–Kier alpha value is -3.26. The zero-order valence-corrected chi connectivity index (χ0v) is 23.7. The van der Waals surface area contributed by atoms with Crippen molar-refractivity contribution in [3.63, 3.8) is 0 Å². The van der Waals surface area contributed by atoms with E-state index in [1.54, 1.807) is 7.11 Å². The molecular formula is C29H39ClN4O4. The number of carbonyl (C=O) groups is 2. The van der Waals surface area contributed by atoms with Gasteiger partial charge in [-0.15, -0.1) is 0 Å². The Morgan fingerprint density at radius 1 is 1.21 bits per heavy atom. The molecule has 0 aliphatic carbocycles.